The third-order valence-corrected chi connectivity index (χ3v) is 5.80. The molecule has 4 saturated carbocycles. The molecule has 4 fully saturated rings. The lowest BCUT2D eigenvalue weighted by Crippen LogP contribution is -2.60. The van der Waals surface area contributed by atoms with Crippen LogP contribution in [0.1, 0.15) is 38.5 Å². The third-order valence-electron chi connectivity index (χ3n) is 5.80. The van der Waals surface area contributed by atoms with Crippen LogP contribution in [0.4, 0.5) is 23.7 Å². The van der Waals surface area contributed by atoms with Crippen molar-refractivity contribution in [3.63, 3.8) is 0 Å². The van der Waals surface area contributed by atoms with E-state index in [1.807, 2.05) is 0 Å². The summed E-state index contributed by atoms with van der Waals surface area (Å²) in [5.74, 6) is 2.19. The number of aromatic nitrogens is 2. The molecule has 0 aliphatic heterocycles. The number of nitrogens with one attached hydrogen (secondary N) is 2. The molecule has 4 aliphatic carbocycles. The lowest BCUT2D eigenvalue weighted by molar-refractivity contribution is -0.182. The minimum Gasteiger partial charge on any atom is -0.350 e. The molecular weight excluding hydrogens is 349 g/mol. The lowest BCUT2D eigenvalue weighted by atomic mass is 9.53. The maximum Gasteiger partial charge on any atom is 0.411 e. The van der Waals surface area contributed by atoms with Crippen molar-refractivity contribution in [2.45, 2.75) is 57.0 Å². The number of rotatable bonds is 5. The van der Waals surface area contributed by atoms with Gasteiger partial charge in [-0.1, -0.05) is 0 Å². The Morgan fingerprint density at radius 2 is 1.85 bits per heavy atom. The molecule has 0 spiro atoms. The van der Waals surface area contributed by atoms with Crippen LogP contribution in [-0.2, 0) is 11.5 Å². The number of nitrogens with zero attached hydrogens (tertiary/aromatic N) is 2. The molecule has 1 aromatic heterocycles. The van der Waals surface area contributed by atoms with Gasteiger partial charge in [-0.15, -0.1) is 0 Å². The zero-order valence-corrected chi connectivity index (χ0v) is 14.4. The van der Waals surface area contributed by atoms with Crippen molar-refractivity contribution in [3.05, 3.63) is 12.4 Å². The van der Waals surface area contributed by atoms with Crippen LogP contribution in [0.5, 0.6) is 0 Å². The van der Waals surface area contributed by atoms with E-state index in [-0.39, 0.29) is 18.3 Å². The molecule has 2 amide bonds. The average Bonchev–Trinajstić information content (AvgIpc) is 2.90. The Kier molecular flexibility index (Phi) is 4.37. The summed E-state index contributed by atoms with van der Waals surface area (Å²) in [6.45, 7) is -1.65. The van der Waals surface area contributed by atoms with E-state index in [2.05, 4.69) is 20.5 Å². The summed E-state index contributed by atoms with van der Waals surface area (Å²) in [7, 11) is 0. The van der Waals surface area contributed by atoms with E-state index in [1.54, 1.807) is 0 Å². The highest BCUT2D eigenvalue weighted by atomic mass is 19.4. The number of carbonyl (C=O) groups excluding carboxylic acids is 1. The van der Waals surface area contributed by atoms with Gasteiger partial charge < -0.3 is 15.4 Å². The predicted octanol–water partition coefficient (Wildman–Crippen LogP) is 3.51. The highest BCUT2D eigenvalue weighted by Gasteiger charge is 2.51. The van der Waals surface area contributed by atoms with Gasteiger partial charge in [-0.25, -0.2) is 9.48 Å². The van der Waals surface area contributed by atoms with E-state index in [0.29, 0.717) is 5.69 Å². The second kappa shape index (κ2) is 6.44. The van der Waals surface area contributed by atoms with E-state index in [4.69, 9.17) is 0 Å². The molecule has 4 aliphatic rings. The van der Waals surface area contributed by atoms with Gasteiger partial charge in [0.1, 0.15) is 13.3 Å². The summed E-state index contributed by atoms with van der Waals surface area (Å²) in [4.78, 5) is 12.4. The summed E-state index contributed by atoms with van der Waals surface area (Å²) >= 11 is 0. The quantitative estimate of drug-likeness (QED) is 0.831. The highest BCUT2D eigenvalue weighted by molar-refractivity contribution is 5.89. The van der Waals surface area contributed by atoms with E-state index in [1.165, 1.54) is 36.3 Å². The molecule has 0 aromatic carbocycles. The molecule has 144 valence electrons. The highest BCUT2D eigenvalue weighted by Crippen LogP contribution is 2.55. The second-order valence-corrected chi connectivity index (χ2v) is 8.14. The van der Waals surface area contributed by atoms with Crippen LogP contribution in [0.15, 0.2) is 12.4 Å². The van der Waals surface area contributed by atoms with Gasteiger partial charge in [-0.2, -0.15) is 18.3 Å². The zero-order valence-electron chi connectivity index (χ0n) is 14.4. The maximum atomic E-state index is 12.4. The monoisotopic (exact) mass is 372 g/mol. The molecule has 5 rings (SSSR count). The Bertz CT molecular complexity index is 638. The van der Waals surface area contributed by atoms with Crippen molar-refractivity contribution < 1.29 is 22.7 Å². The van der Waals surface area contributed by atoms with E-state index in [9.17, 15) is 18.0 Å². The Balaban J connectivity index is 1.29. The number of carbonyl (C=O) groups is 1. The van der Waals surface area contributed by atoms with Crippen molar-refractivity contribution in [3.8, 4) is 0 Å². The average molecular weight is 372 g/mol. The fraction of sp³-hybridized carbons (Fsp3) is 0.765. The van der Waals surface area contributed by atoms with Crippen LogP contribution >= 0.6 is 0 Å². The first-order chi connectivity index (χ1) is 12.3. The third kappa shape index (κ3) is 3.97. The normalized spacial score (nSPS) is 32.7. The predicted molar refractivity (Wildman–Crippen MR) is 87.3 cm³/mol. The van der Waals surface area contributed by atoms with Gasteiger partial charge in [-0.3, -0.25) is 0 Å². The van der Waals surface area contributed by atoms with Crippen molar-refractivity contribution in [2.24, 2.45) is 17.8 Å². The minimum absolute atomic E-state index is 0.0926. The second-order valence-electron chi connectivity index (χ2n) is 8.14. The van der Waals surface area contributed by atoms with Gasteiger partial charge in [0.25, 0.3) is 0 Å². The smallest absolute Gasteiger partial charge is 0.350 e. The van der Waals surface area contributed by atoms with E-state index >= 15 is 0 Å². The molecule has 1 heterocycles. The Morgan fingerprint density at radius 3 is 2.42 bits per heavy atom. The van der Waals surface area contributed by atoms with Crippen molar-refractivity contribution in [1.82, 2.24) is 15.1 Å². The van der Waals surface area contributed by atoms with Gasteiger partial charge >= 0.3 is 12.2 Å². The summed E-state index contributed by atoms with van der Waals surface area (Å²) in [6.07, 6.45) is 5.54. The van der Waals surface area contributed by atoms with Gasteiger partial charge in [0.15, 0.2) is 0 Å². The zero-order chi connectivity index (χ0) is 18.4. The summed E-state index contributed by atoms with van der Waals surface area (Å²) in [5, 5.41) is 9.81. The first-order valence-electron chi connectivity index (χ1n) is 9.05. The van der Waals surface area contributed by atoms with E-state index < -0.39 is 12.8 Å². The maximum absolute atomic E-state index is 12.4. The summed E-state index contributed by atoms with van der Waals surface area (Å²) < 4.78 is 42.0. The van der Waals surface area contributed by atoms with E-state index in [0.717, 1.165) is 37.0 Å². The number of anilines is 1. The van der Waals surface area contributed by atoms with Crippen LogP contribution < -0.4 is 10.6 Å². The number of ether oxygens (including phenoxy) is 1. The number of hydrogen-bond donors (Lipinski definition) is 2. The number of hydrogen-bond acceptors (Lipinski definition) is 3. The number of urea groups is 1. The lowest BCUT2D eigenvalue weighted by Gasteiger charge is -2.56. The topological polar surface area (TPSA) is 68.2 Å². The Labute approximate surface area is 149 Å². The fourth-order valence-electron chi connectivity index (χ4n) is 5.42. The molecule has 26 heavy (non-hydrogen) atoms. The molecular formula is C17H23F3N4O2. The van der Waals surface area contributed by atoms with Crippen LogP contribution in [-0.4, -0.2) is 34.1 Å². The molecule has 0 atom stereocenters. The Morgan fingerprint density at radius 1 is 1.23 bits per heavy atom. The largest absolute Gasteiger partial charge is 0.411 e. The van der Waals surface area contributed by atoms with Crippen molar-refractivity contribution in [1.29, 1.82) is 0 Å². The van der Waals surface area contributed by atoms with Crippen LogP contribution in [0.2, 0.25) is 0 Å². The van der Waals surface area contributed by atoms with Crippen molar-refractivity contribution >= 4 is 11.7 Å². The number of amides is 2. The molecule has 1 aromatic rings. The van der Waals surface area contributed by atoms with Crippen LogP contribution in [0.3, 0.4) is 0 Å². The Hall–Kier alpha value is -1.77. The van der Waals surface area contributed by atoms with Gasteiger partial charge in [-0.05, 0) is 56.3 Å². The van der Waals surface area contributed by atoms with Gasteiger partial charge in [0, 0.05) is 5.54 Å². The van der Waals surface area contributed by atoms with Crippen LogP contribution in [0, 0.1) is 17.8 Å². The SMILES string of the molecule is O=C(Nc1cnn(COCC(F)(F)F)c1)NC12CC3CC(CC(C3)C1)C2. The number of alkyl halides is 3. The van der Waals surface area contributed by atoms with Crippen molar-refractivity contribution in [2.75, 3.05) is 11.9 Å². The number of halogens is 3. The van der Waals surface area contributed by atoms with Gasteiger partial charge in [0.05, 0.1) is 18.1 Å². The molecule has 0 radical (unpaired) electrons. The first-order valence-corrected chi connectivity index (χ1v) is 9.05. The fourth-order valence-corrected chi connectivity index (χ4v) is 5.42. The van der Waals surface area contributed by atoms with Gasteiger partial charge in [0.2, 0.25) is 0 Å². The first kappa shape index (κ1) is 17.6. The molecule has 0 unspecified atom stereocenters. The molecule has 2 N–H and O–H groups in total. The molecule has 6 nitrogen and oxygen atoms in total. The molecule has 0 saturated heterocycles. The minimum atomic E-state index is -4.37. The summed E-state index contributed by atoms with van der Waals surface area (Å²) in [5.41, 5.74) is 0.341. The van der Waals surface area contributed by atoms with Crippen LogP contribution in [0.25, 0.3) is 0 Å². The molecule has 4 bridgehead atoms. The standard InChI is InChI=1S/C17H23F3N4O2/c18-17(19,20)9-26-10-24-8-14(7-21-24)22-15(25)23-16-4-11-1-12(5-16)3-13(2-11)6-16/h7-8,11-13H,1-6,9-10H2,(H2,22,23,25). The summed E-state index contributed by atoms with van der Waals surface area (Å²) in [6, 6.07) is -0.275. The molecule has 9 heteroatoms.